The highest BCUT2D eigenvalue weighted by Gasteiger charge is 2.03. The normalized spacial score (nSPS) is 10.8. The van der Waals surface area contributed by atoms with Crippen LogP contribution < -0.4 is 16.4 Å². The number of nitrogens with zero attached hydrogens (tertiary/aromatic N) is 1. The van der Waals surface area contributed by atoms with Gasteiger partial charge >= 0.3 is 0 Å². The van der Waals surface area contributed by atoms with Gasteiger partial charge in [-0.05, 0) is 48.7 Å². The van der Waals surface area contributed by atoms with Gasteiger partial charge in [0.1, 0.15) is 5.82 Å². The van der Waals surface area contributed by atoms with E-state index in [4.69, 9.17) is 5.73 Å². The molecule has 26 heavy (non-hydrogen) atoms. The van der Waals surface area contributed by atoms with Gasteiger partial charge in [0.05, 0.1) is 6.54 Å². The maximum Gasteiger partial charge on any atom is 0.248 e. The Labute approximate surface area is 170 Å². The number of amides is 1. The van der Waals surface area contributed by atoms with E-state index in [1.165, 1.54) is 6.07 Å². The molecular formula is C19H24FIN4O. The molecule has 0 atom stereocenters. The number of hydrogen-bond donors (Lipinski definition) is 3. The van der Waals surface area contributed by atoms with E-state index in [-0.39, 0.29) is 29.8 Å². The topological polar surface area (TPSA) is 79.5 Å². The standard InChI is InChI=1S/C19H23FN4O.HI/c1-3-22-19(24-12-15-6-9-17(20)13(2)10-15)23-11-14-4-7-16(8-5-14)18(21)25;/h4-10H,3,11-12H2,1-2H3,(H2,21,25)(H2,22,23,24);1H. The van der Waals surface area contributed by atoms with E-state index in [0.717, 1.165) is 17.7 Å². The van der Waals surface area contributed by atoms with Crippen molar-refractivity contribution < 1.29 is 9.18 Å². The van der Waals surface area contributed by atoms with Gasteiger partial charge in [-0.3, -0.25) is 4.79 Å². The van der Waals surface area contributed by atoms with Crippen molar-refractivity contribution in [2.24, 2.45) is 10.7 Å². The minimum Gasteiger partial charge on any atom is -0.366 e. The first kappa shape index (κ1) is 21.9. The second kappa shape index (κ2) is 10.7. The molecule has 0 heterocycles. The second-order valence-electron chi connectivity index (χ2n) is 5.69. The molecule has 140 valence electrons. The van der Waals surface area contributed by atoms with E-state index in [1.807, 2.05) is 19.1 Å². The van der Waals surface area contributed by atoms with Crippen LogP contribution >= 0.6 is 24.0 Å². The molecule has 0 unspecified atom stereocenters. The number of guanidine groups is 1. The van der Waals surface area contributed by atoms with Gasteiger partial charge < -0.3 is 16.4 Å². The summed E-state index contributed by atoms with van der Waals surface area (Å²) >= 11 is 0. The molecule has 0 spiro atoms. The van der Waals surface area contributed by atoms with Gasteiger partial charge in [0.2, 0.25) is 5.91 Å². The fraction of sp³-hybridized carbons (Fsp3) is 0.263. The van der Waals surface area contributed by atoms with E-state index in [0.29, 0.717) is 30.2 Å². The molecule has 5 nitrogen and oxygen atoms in total. The van der Waals surface area contributed by atoms with E-state index >= 15 is 0 Å². The van der Waals surface area contributed by atoms with Gasteiger partial charge in [0, 0.05) is 18.7 Å². The van der Waals surface area contributed by atoms with Gasteiger partial charge in [-0.2, -0.15) is 0 Å². The summed E-state index contributed by atoms with van der Waals surface area (Å²) in [6.45, 7) is 5.47. The third-order valence-corrected chi connectivity index (χ3v) is 3.68. The summed E-state index contributed by atoms with van der Waals surface area (Å²) in [7, 11) is 0. The second-order valence-corrected chi connectivity index (χ2v) is 5.69. The number of carbonyl (C=O) groups is 1. The molecule has 0 aliphatic heterocycles. The lowest BCUT2D eigenvalue weighted by molar-refractivity contribution is 0.100. The molecule has 2 aromatic carbocycles. The molecule has 0 aliphatic rings. The van der Waals surface area contributed by atoms with Crippen molar-refractivity contribution in [1.82, 2.24) is 10.6 Å². The summed E-state index contributed by atoms with van der Waals surface area (Å²) in [6, 6.07) is 12.1. The summed E-state index contributed by atoms with van der Waals surface area (Å²) in [5.41, 5.74) is 8.28. The smallest absolute Gasteiger partial charge is 0.248 e. The highest BCUT2D eigenvalue weighted by molar-refractivity contribution is 14.0. The molecule has 0 bridgehead atoms. The van der Waals surface area contributed by atoms with E-state index in [9.17, 15) is 9.18 Å². The van der Waals surface area contributed by atoms with Crippen LogP contribution in [0, 0.1) is 12.7 Å². The number of nitrogens with one attached hydrogen (secondary N) is 2. The predicted molar refractivity (Wildman–Crippen MR) is 113 cm³/mol. The van der Waals surface area contributed by atoms with Gasteiger partial charge in [-0.15, -0.1) is 24.0 Å². The van der Waals surface area contributed by atoms with Crippen LogP contribution in [-0.4, -0.2) is 18.4 Å². The number of benzene rings is 2. The number of hydrogen-bond acceptors (Lipinski definition) is 2. The van der Waals surface area contributed by atoms with Gasteiger partial charge in [-0.1, -0.05) is 24.3 Å². The molecule has 7 heteroatoms. The Kier molecular flexibility index (Phi) is 9.04. The molecule has 0 saturated heterocycles. The summed E-state index contributed by atoms with van der Waals surface area (Å²) in [4.78, 5) is 15.6. The number of aliphatic imine (C=N–C) groups is 1. The number of aryl methyl sites for hydroxylation is 1. The SMILES string of the molecule is CCNC(=NCc1ccc(F)c(C)c1)NCc1ccc(C(N)=O)cc1.I. The Balaban J connectivity index is 0.00000338. The molecule has 4 N–H and O–H groups in total. The number of nitrogens with two attached hydrogens (primary N) is 1. The third kappa shape index (κ3) is 6.62. The Morgan fingerprint density at radius 1 is 1.12 bits per heavy atom. The minimum atomic E-state index is -0.441. The van der Waals surface area contributed by atoms with Crippen LogP contribution in [0.1, 0.15) is 34.0 Å². The predicted octanol–water partition coefficient (Wildman–Crippen LogP) is 3.11. The van der Waals surface area contributed by atoms with Crippen LogP contribution in [0.15, 0.2) is 47.5 Å². The Hall–Kier alpha value is -2.16. The lowest BCUT2D eigenvalue weighted by Gasteiger charge is -2.12. The van der Waals surface area contributed by atoms with Crippen molar-refractivity contribution in [3.63, 3.8) is 0 Å². The number of primary amides is 1. The molecule has 0 radical (unpaired) electrons. The molecule has 1 amide bonds. The van der Waals surface area contributed by atoms with E-state index in [1.54, 1.807) is 31.2 Å². The van der Waals surface area contributed by atoms with Crippen molar-refractivity contribution in [3.8, 4) is 0 Å². The first-order chi connectivity index (χ1) is 12.0. The first-order valence-electron chi connectivity index (χ1n) is 8.15. The molecular weight excluding hydrogens is 446 g/mol. The van der Waals surface area contributed by atoms with Crippen LogP contribution in [0.3, 0.4) is 0 Å². The van der Waals surface area contributed by atoms with Gasteiger partial charge in [0.25, 0.3) is 0 Å². The van der Waals surface area contributed by atoms with Crippen LogP contribution in [0.25, 0.3) is 0 Å². The van der Waals surface area contributed by atoms with Crippen molar-refractivity contribution in [1.29, 1.82) is 0 Å². The van der Waals surface area contributed by atoms with Crippen molar-refractivity contribution in [2.45, 2.75) is 26.9 Å². The third-order valence-electron chi connectivity index (χ3n) is 3.68. The van der Waals surface area contributed by atoms with Gasteiger partial charge in [-0.25, -0.2) is 9.38 Å². The van der Waals surface area contributed by atoms with E-state index in [2.05, 4.69) is 15.6 Å². The number of halogens is 2. The summed E-state index contributed by atoms with van der Waals surface area (Å²) < 4.78 is 13.3. The monoisotopic (exact) mass is 470 g/mol. The van der Waals surface area contributed by atoms with Crippen LogP contribution in [0.4, 0.5) is 4.39 Å². The Bertz CT molecular complexity index is 763. The quantitative estimate of drug-likeness (QED) is 0.345. The Morgan fingerprint density at radius 3 is 2.35 bits per heavy atom. The van der Waals surface area contributed by atoms with Crippen molar-refractivity contribution in [2.75, 3.05) is 6.54 Å². The maximum absolute atomic E-state index is 13.3. The van der Waals surface area contributed by atoms with Crippen molar-refractivity contribution >= 4 is 35.8 Å². The molecule has 0 saturated carbocycles. The van der Waals surface area contributed by atoms with Gasteiger partial charge in [0.15, 0.2) is 5.96 Å². The lowest BCUT2D eigenvalue weighted by atomic mass is 10.1. The Morgan fingerprint density at radius 2 is 1.77 bits per heavy atom. The molecule has 2 rings (SSSR count). The zero-order chi connectivity index (χ0) is 18.2. The molecule has 2 aromatic rings. The highest BCUT2D eigenvalue weighted by atomic mass is 127. The summed E-state index contributed by atoms with van der Waals surface area (Å²) in [5, 5.41) is 6.40. The molecule has 0 aliphatic carbocycles. The maximum atomic E-state index is 13.3. The zero-order valence-corrected chi connectivity index (χ0v) is 17.2. The lowest BCUT2D eigenvalue weighted by Crippen LogP contribution is -2.36. The average Bonchev–Trinajstić information content (AvgIpc) is 2.60. The highest BCUT2D eigenvalue weighted by Crippen LogP contribution is 2.10. The molecule has 0 fully saturated rings. The fourth-order valence-electron chi connectivity index (χ4n) is 2.29. The average molecular weight is 470 g/mol. The molecule has 0 aromatic heterocycles. The van der Waals surface area contributed by atoms with Crippen LogP contribution in [0.5, 0.6) is 0 Å². The van der Waals surface area contributed by atoms with Crippen molar-refractivity contribution in [3.05, 3.63) is 70.5 Å². The minimum absolute atomic E-state index is 0. The zero-order valence-electron chi connectivity index (χ0n) is 14.9. The first-order valence-corrected chi connectivity index (χ1v) is 8.15. The number of carbonyl (C=O) groups excluding carboxylic acids is 1. The fourth-order valence-corrected chi connectivity index (χ4v) is 2.29. The van der Waals surface area contributed by atoms with E-state index < -0.39 is 5.91 Å². The summed E-state index contributed by atoms with van der Waals surface area (Å²) in [5.74, 6) is 0.0182. The van der Waals surface area contributed by atoms with Crippen LogP contribution in [0.2, 0.25) is 0 Å². The largest absolute Gasteiger partial charge is 0.366 e. The number of rotatable bonds is 6. The summed E-state index contributed by atoms with van der Waals surface area (Å²) in [6.07, 6.45) is 0. The van der Waals surface area contributed by atoms with Crippen LogP contribution in [-0.2, 0) is 13.1 Å².